The number of ketones is 1. The Morgan fingerprint density at radius 3 is 2.39 bits per heavy atom. The number of hydrogen-bond acceptors (Lipinski definition) is 6. The van der Waals surface area contributed by atoms with Crippen LogP contribution < -0.4 is 14.2 Å². The summed E-state index contributed by atoms with van der Waals surface area (Å²) in [6, 6.07) is 13.1. The highest BCUT2D eigenvalue weighted by atomic mass is 32.2. The van der Waals surface area contributed by atoms with Crippen molar-refractivity contribution in [3.8, 4) is 17.2 Å². The Hall–Kier alpha value is -2.67. The Labute approximate surface area is 186 Å². The molecule has 1 fully saturated rings. The van der Waals surface area contributed by atoms with E-state index in [0.717, 1.165) is 10.6 Å². The van der Waals surface area contributed by atoms with E-state index in [1.165, 1.54) is 0 Å². The number of thioether (sulfide) groups is 1. The molecule has 0 aliphatic carbocycles. The van der Waals surface area contributed by atoms with Crippen molar-refractivity contribution >= 4 is 23.5 Å². The quantitative estimate of drug-likeness (QED) is 0.497. The lowest BCUT2D eigenvalue weighted by Crippen LogP contribution is -2.43. The monoisotopic (exact) mass is 441 g/mol. The number of carbonyl (C=O) groups is 2. The molecule has 164 valence electrons. The largest absolute Gasteiger partial charge is 0.497 e. The molecule has 2 aliphatic rings. The molecule has 0 aromatic heterocycles. The van der Waals surface area contributed by atoms with E-state index >= 15 is 0 Å². The molecule has 0 radical (unpaired) electrons. The van der Waals surface area contributed by atoms with E-state index in [4.69, 9.17) is 14.2 Å². The van der Waals surface area contributed by atoms with Crippen LogP contribution in [0.25, 0.3) is 0 Å². The zero-order chi connectivity index (χ0) is 21.8. The van der Waals surface area contributed by atoms with Crippen molar-refractivity contribution in [2.24, 2.45) is 5.92 Å². The lowest BCUT2D eigenvalue weighted by Gasteiger charge is -2.33. The first-order valence-electron chi connectivity index (χ1n) is 10.6. The predicted molar refractivity (Wildman–Crippen MR) is 119 cm³/mol. The second-order valence-corrected chi connectivity index (χ2v) is 9.17. The summed E-state index contributed by atoms with van der Waals surface area (Å²) in [6.07, 6.45) is 1.36. The van der Waals surface area contributed by atoms with E-state index < -0.39 is 0 Å². The fraction of sp³-hybridized carbons (Fsp3) is 0.417. The number of Topliss-reactive ketones (excluding diaryl/α,β-unsaturated/α-hetero) is 1. The first-order valence-corrected chi connectivity index (χ1v) is 11.5. The molecule has 1 unspecified atom stereocenters. The molecule has 0 bridgehead atoms. The van der Waals surface area contributed by atoms with E-state index in [1.807, 2.05) is 36.1 Å². The second kappa shape index (κ2) is 9.64. The molecule has 31 heavy (non-hydrogen) atoms. The molecule has 0 N–H and O–H groups in total. The van der Waals surface area contributed by atoms with Crippen molar-refractivity contribution in [3.63, 3.8) is 0 Å². The van der Waals surface area contributed by atoms with Gasteiger partial charge in [0.15, 0.2) is 17.3 Å². The van der Waals surface area contributed by atoms with Crippen LogP contribution in [0.15, 0.2) is 47.4 Å². The molecule has 1 atom stereocenters. The summed E-state index contributed by atoms with van der Waals surface area (Å²) in [5.74, 6) is 2.28. The van der Waals surface area contributed by atoms with Crippen molar-refractivity contribution in [2.45, 2.75) is 29.9 Å². The number of likely N-dealkylation sites (tertiary alicyclic amines) is 1. The minimum Gasteiger partial charge on any atom is -0.497 e. The Kier molecular flexibility index (Phi) is 6.70. The molecule has 2 aromatic carbocycles. The van der Waals surface area contributed by atoms with Gasteiger partial charge in [-0.25, -0.2) is 0 Å². The van der Waals surface area contributed by atoms with Gasteiger partial charge in [-0.15, -0.1) is 11.8 Å². The first-order chi connectivity index (χ1) is 15.0. The number of rotatable bonds is 6. The number of benzene rings is 2. The Balaban J connectivity index is 1.31. The molecular formula is C24H27NO5S. The Morgan fingerprint density at radius 2 is 1.71 bits per heavy atom. The highest BCUT2D eigenvalue weighted by Crippen LogP contribution is 2.33. The van der Waals surface area contributed by atoms with Crippen molar-refractivity contribution in [2.75, 3.05) is 33.4 Å². The number of ether oxygens (including phenoxy) is 3. The van der Waals surface area contributed by atoms with E-state index in [2.05, 4.69) is 0 Å². The van der Waals surface area contributed by atoms with Gasteiger partial charge in [0.25, 0.3) is 0 Å². The summed E-state index contributed by atoms with van der Waals surface area (Å²) in [7, 11) is 1.64. The molecule has 1 amide bonds. The van der Waals surface area contributed by atoms with Crippen molar-refractivity contribution in [1.29, 1.82) is 0 Å². The standard InChI is InChI=1S/C24H27NO5S/c1-16(31-20-6-4-19(28-2)5-7-20)24(27)25-11-9-17(10-12-25)23(26)18-3-8-21-22(15-18)30-14-13-29-21/h3-8,15-17H,9-14H2,1-2H3. The number of methoxy groups -OCH3 is 1. The summed E-state index contributed by atoms with van der Waals surface area (Å²) in [5.41, 5.74) is 0.650. The fourth-order valence-electron chi connectivity index (χ4n) is 3.96. The summed E-state index contributed by atoms with van der Waals surface area (Å²) in [6.45, 7) is 4.17. The molecular weight excluding hydrogens is 414 g/mol. The molecule has 6 nitrogen and oxygen atoms in total. The first kappa shape index (κ1) is 21.6. The molecule has 0 saturated carbocycles. The van der Waals surface area contributed by atoms with E-state index in [1.54, 1.807) is 37.1 Å². The van der Waals surface area contributed by atoms with E-state index in [-0.39, 0.29) is 22.9 Å². The van der Waals surface area contributed by atoms with E-state index in [9.17, 15) is 9.59 Å². The van der Waals surface area contributed by atoms with Crippen LogP contribution in [0.1, 0.15) is 30.1 Å². The Bertz CT molecular complexity index is 937. The molecule has 7 heteroatoms. The summed E-state index contributed by atoms with van der Waals surface area (Å²) in [4.78, 5) is 28.8. The minimum atomic E-state index is -0.182. The van der Waals surface area contributed by atoms with Gasteiger partial charge in [-0.1, -0.05) is 0 Å². The molecule has 4 rings (SSSR count). The third kappa shape index (κ3) is 4.98. The lowest BCUT2D eigenvalue weighted by atomic mass is 9.88. The minimum absolute atomic E-state index is 0.0730. The predicted octanol–water partition coefficient (Wildman–Crippen LogP) is 4.07. The zero-order valence-corrected chi connectivity index (χ0v) is 18.7. The SMILES string of the molecule is COc1ccc(SC(C)C(=O)N2CCC(C(=O)c3ccc4c(c3)OCCO4)CC2)cc1. The van der Waals surface area contributed by atoms with Gasteiger partial charge in [0.1, 0.15) is 19.0 Å². The summed E-state index contributed by atoms with van der Waals surface area (Å²) >= 11 is 1.54. The van der Waals surface area contributed by atoms with Gasteiger partial charge in [-0.2, -0.15) is 0 Å². The fourth-order valence-corrected chi connectivity index (χ4v) is 4.91. The second-order valence-electron chi connectivity index (χ2n) is 7.76. The van der Waals surface area contributed by atoms with Crippen LogP contribution in [0.2, 0.25) is 0 Å². The van der Waals surface area contributed by atoms with Crippen LogP contribution in [0, 0.1) is 5.92 Å². The van der Waals surface area contributed by atoms with Crippen molar-refractivity contribution < 1.29 is 23.8 Å². The number of fused-ring (bicyclic) bond motifs is 1. The number of hydrogen-bond donors (Lipinski definition) is 0. The molecule has 2 heterocycles. The maximum atomic E-state index is 13.0. The van der Waals surface area contributed by atoms with Gasteiger partial charge in [-0.05, 0) is 62.2 Å². The van der Waals surface area contributed by atoms with Gasteiger partial charge < -0.3 is 19.1 Å². The Morgan fingerprint density at radius 1 is 1.03 bits per heavy atom. The van der Waals surface area contributed by atoms with Crippen molar-refractivity contribution in [1.82, 2.24) is 4.90 Å². The van der Waals surface area contributed by atoms with Crippen LogP contribution in [0.5, 0.6) is 17.2 Å². The average Bonchev–Trinajstić information content (AvgIpc) is 2.83. The van der Waals surface area contributed by atoms with Crippen molar-refractivity contribution in [3.05, 3.63) is 48.0 Å². The third-order valence-corrected chi connectivity index (χ3v) is 6.82. The topological polar surface area (TPSA) is 65.1 Å². The van der Waals surface area contributed by atoms with Gasteiger partial charge in [0, 0.05) is 29.5 Å². The average molecular weight is 442 g/mol. The highest BCUT2D eigenvalue weighted by Gasteiger charge is 2.30. The van der Waals surface area contributed by atoms with Gasteiger partial charge in [0.05, 0.1) is 12.4 Å². The summed E-state index contributed by atoms with van der Waals surface area (Å²) in [5, 5.41) is -0.182. The van der Waals surface area contributed by atoms with Gasteiger partial charge in [0.2, 0.25) is 5.91 Å². The van der Waals surface area contributed by atoms with Crippen LogP contribution in [-0.2, 0) is 4.79 Å². The summed E-state index contributed by atoms with van der Waals surface area (Å²) < 4.78 is 16.3. The maximum absolute atomic E-state index is 13.0. The van der Waals surface area contributed by atoms with Crippen LogP contribution >= 0.6 is 11.8 Å². The number of carbonyl (C=O) groups excluding carboxylic acids is 2. The molecule has 2 aromatic rings. The number of nitrogens with zero attached hydrogens (tertiary/aromatic N) is 1. The maximum Gasteiger partial charge on any atom is 0.235 e. The lowest BCUT2D eigenvalue weighted by molar-refractivity contribution is -0.131. The smallest absolute Gasteiger partial charge is 0.235 e. The van der Waals surface area contributed by atoms with Gasteiger partial charge >= 0.3 is 0 Å². The normalized spacial score (nSPS) is 17.2. The molecule has 1 saturated heterocycles. The van der Waals surface area contributed by atoms with Gasteiger partial charge in [-0.3, -0.25) is 9.59 Å². The van der Waals surface area contributed by atoms with Crippen LogP contribution in [0.3, 0.4) is 0 Å². The van der Waals surface area contributed by atoms with E-state index in [0.29, 0.717) is 56.2 Å². The molecule has 0 spiro atoms. The van der Waals surface area contributed by atoms with Crippen LogP contribution in [-0.4, -0.2) is 55.3 Å². The molecule has 2 aliphatic heterocycles. The highest BCUT2D eigenvalue weighted by molar-refractivity contribution is 8.00. The zero-order valence-electron chi connectivity index (χ0n) is 17.8. The number of piperidine rings is 1. The van der Waals surface area contributed by atoms with Crippen LogP contribution in [0.4, 0.5) is 0 Å². The number of amides is 1. The third-order valence-electron chi connectivity index (χ3n) is 5.72.